The summed E-state index contributed by atoms with van der Waals surface area (Å²) in [6.45, 7) is 2.00. The number of benzene rings is 3. The number of hydrogen-bond donors (Lipinski definition) is 1. The molecule has 2 heterocycles. The van der Waals surface area contributed by atoms with Crippen LogP contribution in [-0.4, -0.2) is 10.9 Å². The molecule has 1 amide bonds. The number of carbonyl (C=O) groups is 1. The number of hydrogen-bond acceptors (Lipinski definition) is 4. The lowest BCUT2D eigenvalue weighted by Gasteiger charge is -2.04. The van der Waals surface area contributed by atoms with Crippen molar-refractivity contribution in [3.63, 3.8) is 0 Å². The summed E-state index contributed by atoms with van der Waals surface area (Å²) in [7, 11) is 0. The van der Waals surface area contributed by atoms with Gasteiger partial charge in [0.15, 0.2) is 11.3 Å². The minimum atomic E-state index is -0.342. The van der Waals surface area contributed by atoms with Crippen LogP contribution in [0.3, 0.4) is 0 Å². The summed E-state index contributed by atoms with van der Waals surface area (Å²) >= 11 is 5.93. The van der Waals surface area contributed by atoms with E-state index in [-0.39, 0.29) is 11.7 Å². The summed E-state index contributed by atoms with van der Waals surface area (Å²) in [6, 6.07) is 23.9. The molecule has 0 spiro atoms. The largest absolute Gasteiger partial charge is 0.451 e. The maximum absolute atomic E-state index is 12.7. The third-order valence-corrected chi connectivity index (χ3v) is 5.12. The first-order valence-corrected chi connectivity index (χ1v) is 10.1. The van der Waals surface area contributed by atoms with E-state index < -0.39 is 0 Å². The van der Waals surface area contributed by atoms with E-state index in [9.17, 15) is 4.79 Å². The molecule has 0 atom stereocenters. The Morgan fingerprint density at radius 3 is 2.58 bits per heavy atom. The molecule has 0 fully saturated rings. The van der Waals surface area contributed by atoms with Crippen molar-refractivity contribution < 1.29 is 13.6 Å². The standard InChI is InChI=1S/C25H17ClN2O3/c1-15-5-10-20-23(13-15)31-25(28-20)17-3-2-4-19(14-17)27-24(29)22-12-11-21(30-22)16-6-8-18(26)9-7-16/h2-14H,1H3,(H,27,29). The monoisotopic (exact) mass is 428 g/mol. The molecule has 0 saturated heterocycles. The van der Waals surface area contributed by atoms with Crippen LogP contribution in [0.2, 0.25) is 5.02 Å². The second kappa shape index (κ2) is 7.78. The highest BCUT2D eigenvalue weighted by molar-refractivity contribution is 6.30. The molecule has 0 radical (unpaired) electrons. The number of rotatable bonds is 4. The van der Waals surface area contributed by atoms with Gasteiger partial charge in [0.2, 0.25) is 5.89 Å². The number of halogens is 1. The van der Waals surface area contributed by atoms with Gasteiger partial charge in [-0.05, 0) is 79.2 Å². The van der Waals surface area contributed by atoms with Crippen molar-refractivity contribution in [2.24, 2.45) is 0 Å². The molecule has 152 valence electrons. The first-order chi connectivity index (χ1) is 15.0. The predicted octanol–water partition coefficient (Wildman–Crippen LogP) is 6.97. The number of anilines is 1. The van der Waals surface area contributed by atoms with Crippen LogP contribution in [0, 0.1) is 6.92 Å². The Balaban J connectivity index is 1.36. The summed E-state index contributed by atoms with van der Waals surface area (Å²) in [4.78, 5) is 17.2. The molecule has 6 heteroatoms. The topological polar surface area (TPSA) is 68.3 Å². The van der Waals surface area contributed by atoms with Crippen LogP contribution in [0.5, 0.6) is 0 Å². The number of nitrogens with zero attached hydrogens (tertiary/aromatic N) is 1. The van der Waals surface area contributed by atoms with Crippen molar-refractivity contribution in [3.8, 4) is 22.8 Å². The fraction of sp³-hybridized carbons (Fsp3) is 0.0400. The zero-order valence-electron chi connectivity index (χ0n) is 16.6. The van der Waals surface area contributed by atoms with E-state index in [1.165, 1.54) is 0 Å². The molecule has 5 rings (SSSR count). The Morgan fingerprint density at radius 1 is 0.903 bits per heavy atom. The van der Waals surface area contributed by atoms with Gasteiger partial charge in [-0.25, -0.2) is 4.98 Å². The number of carbonyl (C=O) groups excluding carboxylic acids is 1. The molecule has 0 unspecified atom stereocenters. The summed E-state index contributed by atoms with van der Waals surface area (Å²) in [5.74, 6) is 0.968. The second-order valence-electron chi connectivity index (χ2n) is 7.20. The molecule has 3 aromatic carbocycles. The van der Waals surface area contributed by atoms with Crippen molar-refractivity contribution in [2.45, 2.75) is 6.92 Å². The second-order valence-corrected chi connectivity index (χ2v) is 7.63. The lowest BCUT2D eigenvalue weighted by atomic mass is 10.2. The van der Waals surface area contributed by atoms with Crippen LogP contribution >= 0.6 is 11.6 Å². The van der Waals surface area contributed by atoms with E-state index in [2.05, 4.69) is 10.3 Å². The van der Waals surface area contributed by atoms with Crippen LogP contribution in [0.15, 0.2) is 87.7 Å². The number of oxazole rings is 1. The van der Waals surface area contributed by atoms with Crippen LogP contribution in [-0.2, 0) is 0 Å². The lowest BCUT2D eigenvalue weighted by Crippen LogP contribution is -2.10. The Bertz CT molecular complexity index is 1400. The fourth-order valence-corrected chi connectivity index (χ4v) is 3.43. The smallest absolute Gasteiger partial charge is 0.291 e. The Hall–Kier alpha value is -3.83. The van der Waals surface area contributed by atoms with Gasteiger partial charge in [-0.1, -0.05) is 23.7 Å². The summed E-state index contributed by atoms with van der Waals surface area (Å²) in [5.41, 5.74) is 4.86. The van der Waals surface area contributed by atoms with Gasteiger partial charge in [-0.3, -0.25) is 4.79 Å². The van der Waals surface area contributed by atoms with Gasteiger partial charge in [0.25, 0.3) is 5.91 Å². The maximum atomic E-state index is 12.7. The highest BCUT2D eigenvalue weighted by Gasteiger charge is 2.14. The Kier molecular flexibility index (Phi) is 4.81. The number of furan rings is 1. The van der Waals surface area contributed by atoms with Gasteiger partial charge in [-0.2, -0.15) is 0 Å². The van der Waals surface area contributed by atoms with E-state index in [0.29, 0.717) is 22.4 Å². The quantitative estimate of drug-likeness (QED) is 0.335. The summed E-state index contributed by atoms with van der Waals surface area (Å²) in [6.07, 6.45) is 0. The van der Waals surface area contributed by atoms with Crippen LogP contribution < -0.4 is 5.32 Å². The minimum absolute atomic E-state index is 0.215. The normalized spacial score (nSPS) is 11.0. The minimum Gasteiger partial charge on any atom is -0.451 e. The van der Waals surface area contributed by atoms with Crippen molar-refractivity contribution >= 4 is 34.3 Å². The Labute approximate surface area is 183 Å². The number of aromatic nitrogens is 1. The van der Waals surface area contributed by atoms with Gasteiger partial charge in [0.1, 0.15) is 11.3 Å². The van der Waals surface area contributed by atoms with Gasteiger partial charge < -0.3 is 14.2 Å². The first-order valence-electron chi connectivity index (χ1n) is 9.70. The molecule has 31 heavy (non-hydrogen) atoms. The van der Waals surface area contributed by atoms with Gasteiger partial charge >= 0.3 is 0 Å². The molecule has 0 aliphatic rings. The highest BCUT2D eigenvalue weighted by atomic mass is 35.5. The van der Waals surface area contributed by atoms with Crippen LogP contribution in [0.1, 0.15) is 16.1 Å². The van der Waals surface area contributed by atoms with E-state index >= 15 is 0 Å². The summed E-state index contributed by atoms with van der Waals surface area (Å²) < 4.78 is 11.6. The number of amides is 1. The van der Waals surface area contributed by atoms with Crippen molar-refractivity contribution in [3.05, 3.63) is 95.2 Å². The van der Waals surface area contributed by atoms with Crippen molar-refractivity contribution in [1.29, 1.82) is 0 Å². The summed E-state index contributed by atoms with van der Waals surface area (Å²) in [5, 5.41) is 3.50. The number of fused-ring (bicyclic) bond motifs is 1. The van der Waals surface area contributed by atoms with Gasteiger partial charge in [-0.15, -0.1) is 0 Å². The molecule has 5 aromatic rings. The van der Waals surface area contributed by atoms with E-state index in [4.69, 9.17) is 20.4 Å². The third-order valence-electron chi connectivity index (χ3n) is 4.87. The van der Waals surface area contributed by atoms with E-state index in [0.717, 1.165) is 27.8 Å². The van der Waals surface area contributed by atoms with Crippen LogP contribution in [0.25, 0.3) is 33.9 Å². The molecule has 0 aliphatic carbocycles. The molecule has 5 nitrogen and oxygen atoms in total. The average Bonchev–Trinajstić information content (AvgIpc) is 3.42. The average molecular weight is 429 g/mol. The Morgan fingerprint density at radius 2 is 1.74 bits per heavy atom. The zero-order valence-corrected chi connectivity index (χ0v) is 17.3. The molecule has 0 aliphatic heterocycles. The van der Waals surface area contributed by atoms with Crippen LogP contribution in [0.4, 0.5) is 5.69 Å². The van der Waals surface area contributed by atoms with Gasteiger partial charge in [0.05, 0.1) is 0 Å². The fourth-order valence-electron chi connectivity index (χ4n) is 3.31. The number of nitrogens with one attached hydrogen (secondary N) is 1. The third kappa shape index (κ3) is 3.96. The maximum Gasteiger partial charge on any atom is 0.291 e. The lowest BCUT2D eigenvalue weighted by molar-refractivity contribution is 0.0997. The zero-order chi connectivity index (χ0) is 21.4. The molecule has 1 N–H and O–H groups in total. The predicted molar refractivity (Wildman–Crippen MR) is 121 cm³/mol. The van der Waals surface area contributed by atoms with E-state index in [1.54, 1.807) is 30.3 Å². The molecule has 0 saturated carbocycles. The van der Waals surface area contributed by atoms with Gasteiger partial charge in [0, 0.05) is 21.8 Å². The van der Waals surface area contributed by atoms with Crippen molar-refractivity contribution in [1.82, 2.24) is 4.98 Å². The first kappa shape index (κ1) is 19.2. The van der Waals surface area contributed by atoms with E-state index in [1.807, 2.05) is 55.5 Å². The molecule has 0 bridgehead atoms. The highest BCUT2D eigenvalue weighted by Crippen LogP contribution is 2.28. The van der Waals surface area contributed by atoms with Crippen molar-refractivity contribution in [2.75, 3.05) is 5.32 Å². The number of aryl methyl sites for hydroxylation is 1. The SMILES string of the molecule is Cc1ccc2nc(-c3cccc(NC(=O)c4ccc(-c5ccc(Cl)cc5)o4)c3)oc2c1. The molecular weight excluding hydrogens is 412 g/mol. The molecule has 2 aromatic heterocycles. The molecular formula is C25H17ClN2O3.